The summed E-state index contributed by atoms with van der Waals surface area (Å²) in [5.41, 5.74) is 8.52. The van der Waals surface area contributed by atoms with Crippen LogP contribution in [0.15, 0.2) is 41.5 Å². The van der Waals surface area contributed by atoms with Crippen molar-refractivity contribution in [2.45, 2.75) is 32.2 Å². The van der Waals surface area contributed by atoms with Crippen LogP contribution in [0, 0.1) is 11.8 Å². The first-order valence-corrected chi connectivity index (χ1v) is 11.8. The fraction of sp³-hybridized carbons (Fsp3) is 0.480. The van der Waals surface area contributed by atoms with E-state index >= 15 is 0 Å². The second kappa shape index (κ2) is 9.79. The number of carbonyl (C=O) groups is 1. The molecule has 3 N–H and O–H groups in total. The highest BCUT2D eigenvalue weighted by Crippen LogP contribution is 2.32. The molecule has 1 amide bonds. The van der Waals surface area contributed by atoms with Crippen molar-refractivity contribution in [3.63, 3.8) is 0 Å². The summed E-state index contributed by atoms with van der Waals surface area (Å²) in [7, 11) is 2.14. The van der Waals surface area contributed by atoms with Crippen LogP contribution in [0.3, 0.4) is 0 Å². The number of amides is 1. The number of ether oxygens (including phenoxy) is 1. The highest BCUT2D eigenvalue weighted by molar-refractivity contribution is 6.35. The van der Waals surface area contributed by atoms with E-state index in [2.05, 4.69) is 34.2 Å². The molecule has 8 heteroatoms. The first-order valence-electron chi connectivity index (χ1n) is 11.5. The van der Waals surface area contributed by atoms with E-state index < -0.39 is 5.54 Å². The molecule has 176 valence electrons. The summed E-state index contributed by atoms with van der Waals surface area (Å²) in [5.74, 6) is 1.00. The number of aromatic nitrogens is 1. The van der Waals surface area contributed by atoms with Gasteiger partial charge in [0.25, 0.3) is 5.91 Å². The van der Waals surface area contributed by atoms with E-state index in [0.29, 0.717) is 41.2 Å². The summed E-state index contributed by atoms with van der Waals surface area (Å²) in [6, 6.07) is 8.81. The van der Waals surface area contributed by atoms with Crippen molar-refractivity contribution in [2.75, 3.05) is 38.6 Å². The summed E-state index contributed by atoms with van der Waals surface area (Å²) in [6.07, 6.45) is 3.90. The van der Waals surface area contributed by atoms with E-state index in [4.69, 9.17) is 22.1 Å². The van der Waals surface area contributed by atoms with Crippen LogP contribution < -0.4 is 15.8 Å². The summed E-state index contributed by atoms with van der Waals surface area (Å²) in [5, 5.41) is 3.48. The molecule has 3 unspecified atom stereocenters. The Hall–Kier alpha value is -2.48. The number of hydrogen-bond acceptors (Lipinski definition) is 6. The monoisotopic (exact) mass is 469 g/mol. The number of nitrogens with zero attached hydrogens (tertiary/aromatic N) is 3. The Kier molecular flexibility index (Phi) is 7.02. The fourth-order valence-corrected chi connectivity index (χ4v) is 4.60. The SMILES string of the molecule is CC1CN=C(c2cc(NC(=O)c3ccc(OCC4CCCN(C)C4)nc3)ccc2Cl)C1(C)N. The van der Waals surface area contributed by atoms with E-state index in [9.17, 15) is 4.79 Å². The number of rotatable bonds is 6. The highest BCUT2D eigenvalue weighted by Gasteiger charge is 2.38. The Morgan fingerprint density at radius 1 is 1.36 bits per heavy atom. The van der Waals surface area contributed by atoms with Crippen molar-refractivity contribution in [2.24, 2.45) is 22.6 Å². The van der Waals surface area contributed by atoms with Crippen molar-refractivity contribution < 1.29 is 9.53 Å². The van der Waals surface area contributed by atoms with Crippen LogP contribution >= 0.6 is 11.6 Å². The molecule has 2 aromatic rings. The number of likely N-dealkylation sites (tertiary alicyclic amines) is 1. The van der Waals surface area contributed by atoms with Gasteiger partial charge in [-0.25, -0.2) is 4.98 Å². The van der Waals surface area contributed by atoms with Gasteiger partial charge in [0.1, 0.15) is 0 Å². The smallest absolute Gasteiger partial charge is 0.257 e. The lowest BCUT2D eigenvalue weighted by Crippen LogP contribution is -2.48. The normalized spacial score (nSPS) is 25.5. The molecule has 0 radical (unpaired) electrons. The third-order valence-corrected chi connectivity index (χ3v) is 7.05. The van der Waals surface area contributed by atoms with Gasteiger partial charge in [-0.2, -0.15) is 0 Å². The van der Waals surface area contributed by atoms with Crippen LogP contribution in [0.4, 0.5) is 5.69 Å². The average molecular weight is 470 g/mol. The number of pyridine rings is 1. The number of benzene rings is 1. The number of piperidine rings is 1. The van der Waals surface area contributed by atoms with Gasteiger partial charge < -0.3 is 20.7 Å². The van der Waals surface area contributed by atoms with Gasteiger partial charge in [0.2, 0.25) is 5.88 Å². The van der Waals surface area contributed by atoms with Crippen LogP contribution in [-0.2, 0) is 0 Å². The van der Waals surface area contributed by atoms with E-state index in [1.807, 2.05) is 13.0 Å². The Balaban J connectivity index is 1.39. The molecule has 2 aliphatic rings. The van der Waals surface area contributed by atoms with Crippen LogP contribution in [0.5, 0.6) is 5.88 Å². The average Bonchev–Trinajstić information content (AvgIpc) is 3.06. The molecule has 0 aliphatic carbocycles. The standard InChI is InChI=1S/C25H32ClN5O2/c1-16-12-29-23(25(16,2)27)20-11-19(7-8-21(20)26)30-24(32)18-6-9-22(28-13-18)33-15-17-5-4-10-31(3)14-17/h6-9,11,13,16-17H,4-5,10,12,14-15,27H2,1-3H3,(H,30,32). The maximum absolute atomic E-state index is 12.8. The number of halogens is 1. The minimum absolute atomic E-state index is 0.215. The fourth-order valence-electron chi connectivity index (χ4n) is 4.40. The van der Waals surface area contributed by atoms with Gasteiger partial charge in [0.05, 0.1) is 23.4 Å². The molecule has 1 aromatic heterocycles. The van der Waals surface area contributed by atoms with Crippen molar-refractivity contribution in [3.8, 4) is 5.88 Å². The van der Waals surface area contributed by atoms with Crippen LogP contribution in [0.25, 0.3) is 0 Å². The number of aliphatic imine (C=N–C) groups is 1. The largest absolute Gasteiger partial charge is 0.477 e. The van der Waals surface area contributed by atoms with Crippen molar-refractivity contribution in [1.82, 2.24) is 9.88 Å². The van der Waals surface area contributed by atoms with Gasteiger partial charge >= 0.3 is 0 Å². The molecule has 0 bridgehead atoms. The van der Waals surface area contributed by atoms with E-state index in [-0.39, 0.29) is 11.8 Å². The van der Waals surface area contributed by atoms with Crippen molar-refractivity contribution >= 4 is 28.9 Å². The molecule has 3 heterocycles. The molecule has 0 spiro atoms. The predicted molar refractivity (Wildman–Crippen MR) is 133 cm³/mol. The Morgan fingerprint density at radius 2 is 2.18 bits per heavy atom. The highest BCUT2D eigenvalue weighted by atomic mass is 35.5. The van der Waals surface area contributed by atoms with Crippen LogP contribution in [0.1, 0.15) is 42.6 Å². The second-order valence-electron chi connectivity index (χ2n) is 9.49. The Bertz CT molecular complexity index is 1040. The van der Waals surface area contributed by atoms with Gasteiger partial charge in [-0.15, -0.1) is 0 Å². The quantitative estimate of drug-likeness (QED) is 0.670. The maximum atomic E-state index is 12.8. The zero-order valence-electron chi connectivity index (χ0n) is 19.5. The molecule has 7 nitrogen and oxygen atoms in total. The van der Waals surface area contributed by atoms with E-state index in [1.165, 1.54) is 19.0 Å². The van der Waals surface area contributed by atoms with Gasteiger partial charge in [-0.1, -0.05) is 18.5 Å². The molecule has 0 saturated carbocycles. The molecular weight excluding hydrogens is 438 g/mol. The first kappa shape index (κ1) is 23.7. The molecular formula is C25H32ClN5O2. The summed E-state index contributed by atoms with van der Waals surface area (Å²) in [4.78, 5) is 24.0. The van der Waals surface area contributed by atoms with Gasteiger partial charge in [0, 0.05) is 47.5 Å². The lowest BCUT2D eigenvalue weighted by atomic mass is 9.83. The number of nitrogens with two attached hydrogens (primary N) is 1. The topological polar surface area (TPSA) is 92.8 Å². The molecule has 1 fully saturated rings. The molecule has 3 atom stereocenters. The summed E-state index contributed by atoms with van der Waals surface area (Å²) >= 11 is 6.44. The molecule has 1 saturated heterocycles. The molecule has 33 heavy (non-hydrogen) atoms. The zero-order chi connectivity index (χ0) is 23.6. The maximum Gasteiger partial charge on any atom is 0.257 e. The van der Waals surface area contributed by atoms with Gasteiger partial charge in [0.15, 0.2) is 0 Å². The number of anilines is 1. The second-order valence-corrected chi connectivity index (χ2v) is 9.90. The van der Waals surface area contributed by atoms with E-state index in [1.54, 1.807) is 24.3 Å². The van der Waals surface area contributed by atoms with Crippen LogP contribution in [-0.4, -0.2) is 60.3 Å². The lowest BCUT2D eigenvalue weighted by molar-refractivity contribution is 0.102. The Labute approximate surface area is 200 Å². The van der Waals surface area contributed by atoms with E-state index in [0.717, 1.165) is 24.4 Å². The van der Waals surface area contributed by atoms with Gasteiger partial charge in [-0.05, 0) is 63.5 Å². The lowest BCUT2D eigenvalue weighted by Gasteiger charge is -2.29. The zero-order valence-corrected chi connectivity index (χ0v) is 20.2. The molecule has 4 rings (SSSR count). The Morgan fingerprint density at radius 3 is 2.85 bits per heavy atom. The third-order valence-electron chi connectivity index (χ3n) is 6.72. The van der Waals surface area contributed by atoms with Crippen LogP contribution in [0.2, 0.25) is 5.02 Å². The summed E-state index contributed by atoms with van der Waals surface area (Å²) in [6.45, 7) is 7.52. The number of hydrogen-bond donors (Lipinski definition) is 2. The van der Waals surface area contributed by atoms with Crippen molar-refractivity contribution in [3.05, 3.63) is 52.7 Å². The summed E-state index contributed by atoms with van der Waals surface area (Å²) < 4.78 is 5.85. The predicted octanol–water partition coefficient (Wildman–Crippen LogP) is 3.86. The number of carbonyl (C=O) groups excluding carboxylic acids is 1. The molecule has 2 aliphatic heterocycles. The third kappa shape index (κ3) is 5.37. The minimum Gasteiger partial charge on any atom is -0.477 e. The minimum atomic E-state index is -0.570. The molecule has 1 aromatic carbocycles. The number of nitrogens with one attached hydrogen (secondary N) is 1. The first-order chi connectivity index (χ1) is 15.7. The van der Waals surface area contributed by atoms with Crippen molar-refractivity contribution in [1.29, 1.82) is 0 Å². The van der Waals surface area contributed by atoms with Gasteiger partial charge in [-0.3, -0.25) is 9.79 Å².